The van der Waals surface area contributed by atoms with Crippen molar-refractivity contribution in [1.29, 1.82) is 0 Å². The number of hydrogen-bond donors (Lipinski definition) is 10. The minimum atomic E-state index is -1.31. The van der Waals surface area contributed by atoms with Crippen molar-refractivity contribution in [2.45, 2.75) is 160 Å². The standard InChI is InChI=1S/C46H81N11O14/c1-34(29-41(61)62)45(68)52-36(20-16-18-23-48-39(59)30-57(31-42(63)64)32-43(65)66)46(69)51-35(44(47)67)19-15-17-24-49-40(60)33-71-28-27-70-26-25-50-38(58)22-14-12-10-8-6-4-2-3-5-7-9-11-13-21-37-53-55-56-54-37/h34-36H,2-33H2,1H3,(H2,47,67)(H,48,59)(H,49,60)(H,50,58)(H,51,69)(H,52,68)(H,61,62)(H,63,64)(H,65,66)(H,53,54,55,56)/t34-,35-,36-/m0/s1. The molecule has 0 saturated heterocycles. The van der Waals surface area contributed by atoms with Crippen molar-refractivity contribution in [1.82, 2.24) is 52.1 Å². The first kappa shape index (κ1) is 63.2. The van der Waals surface area contributed by atoms with Gasteiger partial charge in [-0.3, -0.25) is 48.1 Å². The quantitative estimate of drug-likeness (QED) is 0.0407. The predicted molar refractivity (Wildman–Crippen MR) is 257 cm³/mol. The third-order valence-electron chi connectivity index (χ3n) is 11.2. The Hall–Kier alpha value is -5.82. The summed E-state index contributed by atoms with van der Waals surface area (Å²) in [5.41, 5.74) is 5.56. The number of carboxylic acid groups (broad SMARTS) is 3. The average Bonchev–Trinajstić information content (AvgIpc) is 3.83. The van der Waals surface area contributed by atoms with E-state index >= 15 is 0 Å². The van der Waals surface area contributed by atoms with Crippen LogP contribution >= 0.6 is 0 Å². The van der Waals surface area contributed by atoms with Gasteiger partial charge in [-0.2, -0.15) is 5.21 Å². The molecule has 0 aromatic carbocycles. The second-order valence-electron chi connectivity index (χ2n) is 17.6. The van der Waals surface area contributed by atoms with Crippen molar-refractivity contribution in [3.63, 3.8) is 0 Å². The van der Waals surface area contributed by atoms with E-state index < -0.39 is 85.6 Å². The fourth-order valence-electron chi connectivity index (χ4n) is 7.30. The average molecular weight is 1010 g/mol. The maximum Gasteiger partial charge on any atom is 0.317 e. The number of aromatic amines is 1. The third-order valence-corrected chi connectivity index (χ3v) is 11.2. The van der Waals surface area contributed by atoms with E-state index in [1.54, 1.807) is 0 Å². The Morgan fingerprint density at radius 2 is 1.10 bits per heavy atom. The highest BCUT2D eigenvalue weighted by molar-refractivity contribution is 5.92. The number of H-pyrrole nitrogens is 1. The molecular weight excluding hydrogens is 931 g/mol. The van der Waals surface area contributed by atoms with Crippen LogP contribution < -0.4 is 32.3 Å². The van der Waals surface area contributed by atoms with Crippen LogP contribution in [-0.4, -0.2) is 172 Å². The highest BCUT2D eigenvalue weighted by atomic mass is 16.5. The van der Waals surface area contributed by atoms with E-state index in [0.29, 0.717) is 32.4 Å². The van der Waals surface area contributed by atoms with E-state index in [1.165, 1.54) is 64.7 Å². The molecule has 0 aliphatic rings. The summed E-state index contributed by atoms with van der Waals surface area (Å²) in [6, 6.07) is -2.32. The lowest BCUT2D eigenvalue weighted by molar-refractivity contribution is -0.143. The molecule has 25 nitrogen and oxygen atoms in total. The molecule has 1 aromatic rings. The smallest absolute Gasteiger partial charge is 0.317 e. The van der Waals surface area contributed by atoms with E-state index in [4.69, 9.17) is 30.5 Å². The van der Waals surface area contributed by atoms with Gasteiger partial charge in [0.15, 0.2) is 5.82 Å². The largest absolute Gasteiger partial charge is 0.481 e. The molecule has 11 N–H and O–H groups in total. The van der Waals surface area contributed by atoms with E-state index in [0.717, 1.165) is 42.8 Å². The van der Waals surface area contributed by atoms with Crippen LogP contribution in [0.1, 0.15) is 148 Å². The number of tetrazole rings is 1. The lowest BCUT2D eigenvalue weighted by Crippen LogP contribution is -2.53. The van der Waals surface area contributed by atoms with Crippen LogP contribution in [0, 0.1) is 5.92 Å². The van der Waals surface area contributed by atoms with Crippen molar-refractivity contribution in [3.05, 3.63) is 5.82 Å². The van der Waals surface area contributed by atoms with Crippen LogP contribution in [0.25, 0.3) is 0 Å². The van der Waals surface area contributed by atoms with Gasteiger partial charge in [0.2, 0.25) is 35.4 Å². The van der Waals surface area contributed by atoms with Crippen molar-refractivity contribution >= 4 is 53.4 Å². The molecule has 6 amide bonds. The minimum absolute atomic E-state index is 0.00153. The summed E-state index contributed by atoms with van der Waals surface area (Å²) in [4.78, 5) is 109. The minimum Gasteiger partial charge on any atom is -0.481 e. The van der Waals surface area contributed by atoms with Gasteiger partial charge in [-0.05, 0) is 51.4 Å². The van der Waals surface area contributed by atoms with Crippen molar-refractivity contribution in [2.24, 2.45) is 11.7 Å². The predicted octanol–water partition coefficient (Wildman–Crippen LogP) is 0.963. The molecule has 0 unspecified atom stereocenters. The molecule has 3 atom stereocenters. The number of carbonyl (C=O) groups excluding carboxylic acids is 6. The lowest BCUT2D eigenvalue weighted by atomic mass is 10.0. The summed E-state index contributed by atoms with van der Waals surface area (Å²) >= 11 is 0. The van der Waals surface area contributed by atoms with Gasteiger partial charge in [0, 0.05) is 38.4 Å². The first-order chi connectivity index (χ1) is 34.1. The Kier molecular flexibility index (Phi) is 36.4. The zero-order chi connectivity index (χ0) is 52.5. The number of nitrogens with two attached hydrogens (primary N) is 1. The summed E-state index contributed by atoms with van der Waals surface area (Å²) in [5, 5.41) is 54.2. The SMILES string of the molecule is C[C@@H](CC(=O)O)C(=O)N[C@@H](CCCCNC(=O)CN(CC(=O)O)CC(=O)O)C(=O)N[C@@H](CCCCNC(=O)COCCOCCNC(=O)CCCCCCCCCCCCCCCc1nn[nH]n1)C(N)=O. The van der Waals surface area contributed by atoms with Crippen molar-refractivity contribution in [3.8, 4) is 0 Å². The number of carboxylic acids is 3. The van der Waals surface area contributed by atoms with Gasteiger partial charge < -0.3 is 57.1 Å². The van der Waals surface area contributed by atoms with Gasteiger partial charge in [0.25, 0.3) is 0 Å². The highest BCUT2D eigenvalue weighted by Gasteiger charge is 2.28. The molecular formula is C46H81N11O14. The van der Waals surface area contributed by atoms with Crippen LogP contribution in [-0.2, 0) is 59.0 Å². The number of unbranched alkanes of at least 4 members (excludes halogenated alkanes) is 14. The van der Waals surface area contributed by atoms with Crippen molar-refractivity contribution in [2.75, 3.05) is 65.7 Å². The molecule has 71 heavy (non-hydrogen) atoms. The number of primary amides is 1. The molecule has 404 valence electrons. The zero-order valence-electron chi connectivity index (χ0n) is 41.6. The van der Waals surface area contributed by atoms with E-state index in [1.807, 2.05) is 0 Å². The molecule has 0 fully saturated rings. The van der Waals surface area contributed by atoms with Gasteiger partial charge in [0.1, 0.15) is 18.7 Å². The molecule has 0 spiro atoms. The second kappa shape index (κ2) is 40.9. The number of aliphatic carboxylic acids is 3. The fourth-order valence-corrected chi connectivity index (χ4v) is 7.30. The third kappa shape index (κ3) is 36.7. The van der Waals surface area contributed by atoms with Crippen LogP contribution in [0.2, 0.25) is 0 Å². The number of amides is 6. The first-order valence-electron chi connectivity index (χ1n) is 25.0. The second-order valence-corrected chi connectivity index (χ2v) is 17.6. The summed E-state index contributed by atoms with van der Waals surface area (Å²) < 4.78 is 10.8. The molecule has 0 bridgehead atoms. The van der Waals surface area contributed by atoms with E-state index in [-0.39, 0.29) is 70.4 Å². The number of nitrogens with zero attached hydrogens (tertiary/aromatic N) is 4. The van der Waals surface area contributed by atoms with Gasteiger partial charge in [0.05, 0.1) is 45.9 Å². The highest BCUT2D eigenvalue weighted by Crippen LogP contribution is 2.14. The molecule has 25 heteroatoms. The van der Waals surface area contributed by atoms with Crippen molar-refractivity contribution < 1.29 is 67.9 Å². The zero-order valence-corrected chi connectivity index (χ0v) is 41.6. The van der Waals surface area contributed by atoms with Gasteiger partial charge in [-0.15, -0.1) is 10.2 Å². The summed E-state index contributed by atoms with van der Waals surface area (Å²) in [6.45, 7) is 0.819. The van der Waals surface area contributed by atoms with Crippen LogP contribution in [0.15, 0.2) is 0 Å². The number of aryl methyl sites for hydroxylation is 1. The number of rotatable bonds is 47. The fraction of sp³-hybridized carbons (Fsp3) is 0.783. The lowest BCUT2D eigenvalue weighted by Gasteiger charge is -2.23. The van der Waals surface area contributed by atoms with E-state index in [9.17, 15) is 43.2 Å². The Morgan fingerprint density at radius 3 is 1.65 bits per heavy atom. The number of carbonyl (C=O) groups is 9. The Balaban J connectivity index is 2.19. The maximum absolute atomic E-state index is 13.3. The molecule has 0 aliphatic carbocycles. The van der Waals surface area contributed by atoms with Gasteiger partial charge >= 0.3 is 17.9 Å². The van der Waals surface area contributed by atoms with Gasteiger partial charge in [-0.25, -0.2) is 0 Å². The monoisotopic (exact) mass is 1010 g/mol. The van der Waals surface area contributed by atoms with Crippen LogP contribution in [0.3, 0.4) is 0 Å². The molecule has 0 aliphatic heterocycles. The number of hydrogen-bond acceptors (Lipinski definition) is 15. The Morgan fingerprint density at radius 1 is 0.577 bits per heavy atom. The molecule has 1 heterocycles. The normalized spacial score (nSPS) is 12.4. The first-order valence-corrected chi connectivity index (χ1v) is 25.0. The van der Waals surface area contributed by atoms with E-state index in [2.05, 4.69) is 47.2 Å². The van der Waals surface area contributed by atoms with Crippen LogP contribution in [0.4, 0.5) is 0 Å². The number of nitrogens with one attached hydrogen (secondary N) is 6. The molecule has 0 saturated carbocycles. The maximum atomic E-state index is 13.3. The number of ether oxygens (including phenoxy) is 2. The number of aromatic nitrogens is 4. The molecule has 1 aromatic heterocycles. The molecule has 0 radical (unpaired) electrons. The summed E-state index contributed by atoms with van der Waals surface area (Å²) in [5.74, 6) is -7.30. The Labute approximate surface area is 416 Å². The summed E-state index contributed by atoms with van der Waals surface area (Å²) in [6.07, 6.45) is 17.8. The molecule has 1 rings (SSSR count). The summed E-state index contributed by atoms with van der Waals surface area (Å²) in [7, 11) is 0. The van der Waals surface area contributed by atoms with Gasteiger partial charge in [-0.1, -0.05) is 82.8 Å². The topological polar surface area (TPSA) is 377 Å². The van der Waals surface area contributed by atoms with Crippen LogP contribution in [0.5, 0.6) is 0 Å². The Bertz CT molecular complexity index is 1690.